The SMILES string of the molecule is Cc1ccc(Cn2ccnc2NC(=O)[C@@H]2CN(CCCNc3ccccn3)C[C@H]2c2ccc(F)cc2F)c(N2CCC(C(=O)O)CC2)c1.Cl.Cl.Cl.Cl. The molecule has 0 bridgehead atoms. The van der Waals surface area contributed by atoms with Gasteiger partial charge in [-0.1, -0.05) is 24.3 Å². The van der Waals surface area contributed by atoms with E-state index in [2.05, 4.69) is 42.5 Å². The van der Waals surface area contributed by atoms with Gasteiger partial charge in [-0.05, 0) is 73.7 Å². The number of amides is 1. The lowest BCUT2D eigenvalue weighted by molar-refractivity contribution is -0.142. The highest BCUT2D eigenvalue weighted by molar-refractivity contribution is 5.92. The zero-order valence-corrected chi connectivity index (χ0v) is 31.9. The number of imidazole rings is 1. The number of rotatable bonds is 12. The molecule has 2 fully saturated rings. The number of aliphatic carboxylic acids is 1. The molecule has 16 heteroatoms. The number of nitrogens with zero attached hydrogens (tertiary/aromatic N) is 5. The molecule has 0 saturated carbocycles. The van der Waals surface area contributed by atoms with Crippen molar-refractivity contribution in [2.45, 2.75) is 38.6 Å². The number of carboxylic acid groups (broad SMARTS) is 1. The van der Waals surface area contributed by atoms with Crippen LogP contribution < -0.4 is 15.5 Å². The van der Waals surface area contributed by atoms with Crippen LogP contribution in [0.4, 0.5) is 26.2 Å². The summed E-state index contributed by atoms with van der Waals surface area (Å²) in [7, 11) is 0. The summed E-state index contributed by atoms with van der Waals surface area (Å²) in [4.78, 5) is 38.5. The Balaban J connectivity index is 0.00000234. The van der Waals surface area contributed by atoms with Crippen LogP contribution in [0.3, 0.4) is 0 Å². The first-order valence-electron chi connectivity index (χ1n) is 16.5. The van der Waals surface area contributed by atoms with Gasteiger partial charge in [-0.2, -0.15) is 0 Å². The molecule has 2 aromatic carbocycles. The summed E-state index contributed by atoms with van der Waals surface area (Å²) in [6, 6.07) is 15.4. The van der Waals surface area contributed by atoms with E-state index in [1.807, 2.05) is 42.0 Å². The second-order valence-electron chi connectivity index (χ2n) is 12.7. The van der Waals surface area contributed by atoms with Gasteiger partial charge in [-0.15, -0.1) is 49.6 Å². The largest absolute Gasteiger partial charge is 0.481 e. The van der Waals surface area contributed by atoms with Gasteiger partial charge in [0, 0.05) is 69.0 Å². The number of carbonyl (C=O) groups excluding carboxylic acids is 1. The summed E-state index contributed by atoms with van der Waals surface area (Å²) in [5.74, 6) is -2.53. The Labute approximate surface area is 327 Å². The number of hydrogen-bond donors (Lipinski definition) is 3. The number of hydrogen-bond acceptors (Lipinski definition) is 7. The highest BCUT2D eigenvalue weighted by Gasteiger charge is 2.40. The molecular formula is C36H45Cl4F2N7O3. The van der Waals surface area contributed by atoms with Crippen molar-refractivity contribution < 1.29 is 23.5 Å². The maximum Gasteiger partial charge on any atom is 0.306 e. The summed E-state index contributed by atoms with van der Waals surface area (Å²) in [6.07, 6.45) is 7.14. The molecule has 2 aromatic heterocycles. The van der Waals surface area contributed by atoms with Gasteiger partial charge in [0.05, 0.1) is 18.4 Å². The van der Waals surface area contributed by atoms with E-state index in [1.165, 1.54) is 12.1 Å². The standard InChI is InChI=1S/C36H41F2N7O3.4ClH/c1-24-6-7-26(32(19-24)44-16-10-25(11-17-44)35(47)48)21-45-18-14-41-36(45)42-34(46)30-23-43(15-4-13-40-33-5-2-3-12-39-33)22-29(30)28-9-8-27(37)20-31(28)38;;;;/h2-3,5-9,12,14,18-20,25,29-30H,4,10-11,13,15-17,21-23H2,1H3,(H,39,40)(H,47,48)(H,41,42,46);4*1H/t29-,30+;;;;/m0..../s1. The molecule has 52 heavy (non-hydrogen) atoms. The van der Waals surface area contributed by atoms with Crippen LogP contribution in [0.1, 0.15) is 41.9 Å². The Morgan fingerprint density at radius 1 is 0.942 bits per heavy atom. The van der Waals surface area contributed by atoms with Crippen molar-refractivity contribution in [2.75, 3.05) is 54.8 Å². The van der Waals surface area contributed by atoms with Crippen molar-refractivity contribution in [3.63, 3.8) is 0 Å². The minimum Gasteiger partial charge on any atom is -0.481 e. The van der Waals surface area contributed by atoms with Crippen molar-refractivity contribution in [3.05, 3.63) is 102 Å². The molecule has 0 aliphatic carbocycles. The second-order valence-corrected chi connectivity index (χ2v) is 12.7. The van der Waals surface area contributed by atoms with Crippen molar-refractivity contribution in [1.82, 2.24) is 19.4 Å². The Morgan fingerprint density at radius 3 is 2.40 bits per heavy atom. The molecule has 3 N–H and O–H groups in total. The van der Waals surface area contributed by atoms with Gasteiger partial charge in [0.15, 0.2) is 0 Å². The van der Waals surface area contributed by atoms with Crippen LogP contribution in [0.5, 0.6) is 0 Å². The molecule has 2 aliphatic rings. The number of pyridine rings is 1. The number of carbonyl (C=O) groups is 2. The van der Waals surface area contributed by atoms with E-state index in [-0.39, 0.29) is 61.5 Å². The number of halogens is 6. The molecular weight excluding hydrogens is 758 g/mol. The lowest BCUT2D eigenvalue weighted by Gasteiger charge is -2.33. The fourth-order valence-electron chi connectivity index (χ4n) is 6.85. The van der Waals surface area contributed by atoms with Gasteiger partial charge in [0.2, 0.25) is 11.9 Å². The zero-order valence-electron chi connectivity index (χ0n) is 28.6. The number of benzene rings is 2. The smallest absolute Gasteiger partial charge is 0.306 e. The zero-order chi connectivity index (χ0) is 33.6. The Hall–Kier alpha value is -3.68. The first-order valence-corrected chi connectivity index (χ1v) is 16.5. The lowest BCUT2D eigenvalue weighted by atomic mass is 9.88. The molecule has 0 radical (unpaired) electrons. The van der Waals surface area contributed by atoms with Crippen LogP contribution in [0.2, 0.25) is 0 Å². The van der Waals surface area contributed by atoms with E-state index in [0.29, 0.717) is 70.2 Å². The monoisotopic (exact) mass is 801 g/mol. The van der Waals surface area contributed by atoms with E-state index >= 15 is 4.39 Å². The third-order valence-corrected chi connectivity index (χ3v) is 9.43. The molecule has 0 spiro atoms. The molecule has 0 unspecified atom stereocenters. The fraction of sp³-hybridized carbons (Fsp3) is 0.389. The number of likely N-dealkylation sites (tertiary alicyclic amines) is 1. The summed E-state index contributed by atoms with van der Waals surface area (Å²) in [5.41, 5.74) is 3.50. The first kappa shape index (κ1) is 44.5. The van der Waals surface area contributed by atoms with Crippen molar-refractivity contribution in [2.24, 2.45) is 11.8 Å². The molecule has 4 aromatic rings. The summed E-state index contributed by atoms with van der Waals surface area (Å²) >= 11 is 0. The van der Waals surface area contributed by atoms with Gasteiger partial charge in [0.1, 0.15) is 17.5 Å². The van der Waals surface area contributed by atoms with E-state index in [0.717, 1.165) is 35.1 Å². The highest BCUT2D eigenvalue weighted by atomic mass is 35.5. The Kier molecular flexibility index (Phi) is 17.6. The fourth-order valence-corrected chi connectivity index (χ4v) is 6.85. The number of aryl methyl sites for hydroxylation is 1. The minimum absolute atomic E-state index is 0. The van der Waals surface area contributed by atoms with E-state index in [1.54, 1.807) is 12.4 Å². The van der Waals surface area contributed by atoms with Crippen molar-refractivity contribution >= 4 is 79.0 Å². The maximum absolute atomic E-state index is 15.1. The van der Waals surface area contributed by atoms with Gasteiger partial charge >= 0.3 is 5.97 Å². The third-order valence-electron chi connectivity index (χ3n) is 9.43. The average Bonchev–Trinajstić information content (AvgIpc) is 3.71. The van der Waals surface area contributed by atoms with Crippen LogP contribution in [-0.4, -0.2) is 75.7 Å². The number of nitrogens with one attached hydrogen (secondary N) is 2. The number of piperidine rings is 1. The summed E-state index contributed by atoms with van der Waals surface area (Å²) < 4.78 is 30.8. The molecule has 6 rings (SSSR count). The molecule has 2 aliphatic heterocycles. The summed E-state index contributed by atoms with van der Waals surface area (Å²) in [6.45, 7) is 6.05. The first-order chi connectivity index (χ1) is 23.2. The predicted molar refractivity (Wildman–Crippen MR) is 209 cm³/mol. The number of aromatic nitrogens is 3. The molecule has 4 heterocycles. The van der Waals surface area contributed by atoms with Crippen LogP contribution in [0, 0.1) is 30.4 Å². The van der Waals surface area contributed by atoms with Crippen LogP contribution in [0.25, 0.3) is 0 Å². The maximum atomic E-state index is 15.1. The normalized spacial score (nSPS) is 17.2. The molecule has 284 valence electrons. The third kappa shape index (κ3) is 10.9. The quantitative estimate of drug-likeness (QED) is 0.131. The van der Waals surface area contributed by atoms with Crippen molar-refractivity contribution in [3.8, 4) is 0 Å². The topological polar surface area (TPSA) is 116 Å². The second kappa shape index (κ2) is 20.5. The Bertz CT molecular complexity index is 1750. The van der Waals surface area contributed by atoms with Crippen LogP contribution in [0.15, 0.2) is 73.2 Å². The molecule has 1 amide bonds. The number of carboxylic acids is 1. The van der Waals surface area contributed by atoms with E-state index < -0.39 is 29.4 Å². The highest BCUT2D eigenvalue weighted by Crippen LogP contribution is 2.36. The van der Waals surface area contributed by atoms with Gasteiger partial charge in [0.25, 0.3) is 0 Å². The Morgan fingerprint density at radius 2 is 1.71 bits per heavy atom. The van der Waals surface area contributed by atoms with Gasteiger partial charge < -0.3 is 24.8 Å². The minimum atomic E-state index is -0.745. The molecule has 10 nitrogen and oxygen atoms in total. The lowest BCUT2D eigenvalue weighted by Crippen LogP contribution is -2.37. The number of anilines is 3. The van der Waals surface area contributed by atoms with Crippen LogP contribution in [-0.2, 0) is 16.1 Å². The van der Waals surface area contributed by atoms with Gasteiger partial charge in [-0.25, -0.2) is 18.7 Å². The van der Waals surface area contributed by atoms with Crippen LogP contribution >= 0.6 is 49.6 Å². The predicted octanol–water partition coefficient (Wildman–Crippen LogP) is 7.06. The van der Waals surface area contributed by atoms with E-state index in [9.17, 15) is 19.1 Å². The molecule has 2 saturated heterocycles. The van der Waals surface area contributed by atoms with E-state index in [4.69, 9.17) is 0 Å². The average molecular weight is 804 g/mol. The van der Waals surface area contributed by atoms with Gasteiger partial charge in [-0.3, -0.25) is 14.9 Å². The summed E-state index contributed by atoms with van der Waals surface area (Å²) in [5, 5.41) is 15.8. The molecule has 2 atom stereocenters. The van der Waals surface area contributed by atoms with Crippen molar-refractivity contribution in [1.29, 1.82) is 0 Å².